The van der Waals surface area contributed by atoms with E-state index in [2.05, 4.69) is 64.0 Å². The molecule has 1 atom stereocenters. The van der Waals surface area contributed by atoms with E-state index in [-0.39, 0.29) is 5.41 Å². The fourth-order valence-corrected chi connectivity index (χ4v) is 1.89. The molecular weight excluding hydrogens is 208 g/mol. The Morgan fingerprint density at radius 3 is 2.00 bits per heavy atom. The van der Waals surface area contributed by atoms with Gasteiger partial charge in [-0.1, -0.05) is 45.0 Å². The summed E-state index contributed by atoms with van der Waals surface area (Å²) in [5.41, 5.74) is 8.76. The Labute approximate surface area is 106 Å². The van der Waals surface area contributed by atoms with E-state index in [1.807, 2.05) is 0 Å². The molecule has 1 aromatic rings. The van der Waals surface area contributed by atoms with Crippen LogP contribution in [0.5, 0.6) is 0 Å². The number of nitrogens with zero attached hydrogens (tertiary/aromatic N) is 1. The Bertz CT molecular complexity index is 333. The highest BCUT2D eigenvalue weighted by Gasteiger charge is 2.14. The van der Waals surface area contributed by atoms with Crippen LogP contribution in [0.4, 0.5) is 0 Å². The van der Waals surface area contributed by atoms with Crippen molar-refractivity contribution in [3.05, 3.63) is 35.4 Å². The fourth-order valence-electron chi connectivity index (χ4n) is 1.89. The van der Waals surface area contributed by atoms with Gasteiger partial charge in [-0.05, 0) is 37.1 Å². The van der Waals surface area contributed by atoms with E-state index >= 15 is 0 Å². The molecule has 0 fully saturated rings. The van der Waals surface area contributed by atoms with E-state index in [1.165, 1.54) is 11.1 Å². The van der Waals surface area contributed by atoms with Gasteiger partial charge in [0.25, 0.3) is 0 Å². The van der Waals surface area contributed by atoms with Gasteiger partial charge in [0.1, 0.15) is 0 Å². The van der Waals surface area contributed by atoms with E-state index in [9.17, 15) is 0 Å². The smallest absolute Gasteiger partial charge is 0.0252 e. The molecule has 2 heteroatoms. The van der Waals surface area contributed by atoms with E-state index in [0.717, 1.165) is 6.42 Å². The number of hydrogen-bond donors (Lipinski definition) is 1. The molecule has 0 aliphatic heterocycles. The lowest BCUT2D eigenvalue weighted by Crippen LogP contribution is -2.36. The van der Waals surface area contributed by atoms with Crippen molar-refractivity contribution in [3.8, 4) is 0 Å². The standard InChI is InChI=1S/C15H26N2/c1-15(2,3)13-8-6-12(7-9-13)10-14(11-16)17(4)5/h6-9,14H,10-11,16H2,1-5H3. The maximum Gasteiger partial charge on any atom is 0.0252 e. The second kappa shape index (κ2) is 5.65. The third kappa shape index (κ3) is 4.14. The van der Waals surface area contributed by atoms with Crippen LogP contribution in [0.15, 0.2) is 24.3 Å². The van der Waals surface area contributed by atoms with Crippen molar-refractivity contribution in [2.45, 2.75) is 38.6 Å². The molecule has 0 saturated carbocycles. The monoisotopic (exact) mass is 234 g/mol. The molecule has 0 heterocycles. The molecule has 0 aliphatic rings. The predicted molar refractivity (Wildman–Crippen MR) is 75.4 cm³/mol. The number of nitrogens with two attached hydrogens (primary N) is 1. The number of rotatable bonds is 4. The molecule has 0 amide bonds. The molecule has 0 radical (unpaired) electrons. The Kier molecular flexibility index (Phi) is 4.72. The third-order valence-electron chi connectivity index (χ3n) is 3.29. The zero-order valence-corrected chi connectivity index (χ0v) is 11.8. The summed E-state index contributed by atoms with van der Waals surface area (Å²) in [6, 6.07) is 9.35. The average Bonchev–Trinajstić information content (AvgIpc) is 2.25. The molecule has 17 heavy (non-hydrogen) atoms. The highest BCUT2D eigenvalue weighted by Crippen LogP contribution is 2.22. The maximum absolute atomic E-state index is 5.78. The predicted octanol–water partition coefficient (Wildman–Crippen LogP) is 2.42. The quantitative estimate of drug-likeness (QED) is 0.867. The minimum absolute atomic E-state index is 0.230. The van der Waals surface area contributed by atoms with Crippen LogP contribution in [0.1, 0.15) is 31.9 Å². The largest absolute Gasteiger partial charge is 0.329 e. The lowest BCUT2D eigenvalue weighted by atomic mass is 9.86. The molecule has 1 rings (SSSR count). The second-order valence-electron chi connectivity index (χ2n) is 6.00. The minimum Gasteiger partial charge on any atom is -0.329 e. The van der Waals surface area contributed by atoms with Gasteiger partial charge in [0, 0.05) is 12.6 Å². The summed E-state index contributed by atoms with van der Waals surface area (Å²) >= 11 is 0. The van der Waals surface area contributed by atoms with Gasteiger partial charge < -0.3 is 10.6 Å². The van der Waals surface area contributed by atoms with Crippen molar-refractivity contribution in [2.24, 2.45) is 5.73 Å². The van der Waals surface area contributed by atoms with E-state index in [1.54, 1.807) is 0 Å². The van der Waals surface area contributed by atoms with Gasteiger partial charge in [0.05, 0.1) is 0 Å². The van der Waals surface area contributed by atoms with Crippen molar-refractivity contribution >= 4 is 0 Å². The summed E-state index contributed by atoms with van der Waals surface area (Å²) in [4.78, 5) is 2.19. The topological polar surface area (TPSA) is 29.3 Å². The molecule has 2 N–H and O–H groups in total. The Morgan fingerprint density at radius 2 is 1.65 bits per heavy atom. The summed E-state index contributed by atoms with van der Waals surface area (Å²) in [5, 5.41) is 0. The first-order valence-electron chi connectivity index (χ1n) is 6.30. The van der Waals surface area contributed by atoms with Gasteiger partial charge in [0.2, 0.25) is 0 Å². The van der Waals surface area contributed by atoms with Crippen LogP contribution >= 0.6 is 0 Å². The van der Waals surface area contributed by atoms with Crippen molar-refractivity contribution in [2.75, 3.05) is 20.6 Å². The number of benzene rings is 1. The first kappa shape index (κ1) is 14.2. The van der Waals surface area contributed by atoms with E-state index < -0.39 is 0 Å². The molecule has 2 nitrogen and oxygen atoms in total. The summed E-state index contributed by atoms with van der Waals surface area (Å²) in [7, 11) is 4.17. The molecule has 1 aromatic carbocycles. The van der Waals surface area contributed by atoms with Gasteiger partial charge in [0.15, 0.2) is 0 Å². The highest BCUT2D eigenvalue weighted by molar-refractivity contribution is 5.28. The molecule has 1 unspecified atom stereocenters. The summed E-state index contributed by atoms with van der Waals surface area (Å²) in [6.45, 7) is 7.42. The SMILES string of the molecule is CN(C)C(CN)Cc1ccc(C(C)(C)C)cc1. The van der Waals surface area contributed by atoms with E-state index in [0.29, 0.717) is 12.6 Å². The Morgan fingerprint density at radius 1 is 1.12 bits per heavy atom. The van der Waals surface area contributed by atoms with Crippen LogP contribution in [0, 0.1) is 0 Å². The lowest BCUT2D eigenvalue weighted by Gasteiger charge is -2.23. The molecule has 0 aliphatic carbocycles. The molecule has 0 spiro atoms. The molecular formula is C15H26N2. The zero-order valence-electron chi connectivity index (χ0n) is 11.8. The molecule has 0 aromatic heterocycles. The molecule has 0 bridgehead atoms. The molecule has 0 saturated heterocycles. The van der Waals surface area contributed by atoms with Crippen molar-refractivity contribution in [3.63, 3.8) is 0 Å². The summed E-state index contributed by atoms with van der Waals surface area (Å²) < 4.78 is 0. The highest BCUT2D eigenvalue weighted by atomic mass is 15.1. The van der Waals surface area contributed by atoms with Crippen molar-refractivity contribution < 1.29 is 0 Å². The number of likely N-dealkylation sites (N-methyl/N-ethyl adjacent to an activating group) is 1. The van der Waals surface area contributed by atoms with E-state index in [4.69, 9.17) is 5.73 Å². The van der Waals surface area contributed by atoms with Crippen LogP contribution in [0.2, 0.25) is 0 Å². The van der Waals surface area contributed by atoms with Crippen molar-refractivity contribution in [1.82, 2.24) is 4.90 Å². The maximum atomic E-state index is 5.78. The average molecular weight is 234 g/mol. The Balaban J connectivity index is 2.75. The molecule has 96 valence electrons. The normalized spacial score (nSPS) is 14.1. The van der Waals surface area contributed by atoms with Crippen LogP contribution in [-0.4, -0.2) is 31.6 Å². The zero-order chi connectivity index (χ0) is 13.1. The van der Waals surface area contributed by atoms with Gasteiger partial charge in [-0.25, -0.2) is 0 Å². The summed E-state index contributed by atoms with van der Waals surface area (Å²) in [6.07, 6.45) is 1.02. The summed E-state index contributed by atoms with van der Waals surface area (Å²) in [5.74, 6) is 0. The third-order valence-corrected chi connectivity index (χ3v) is 3.29. The van der Waals surface area contributed by atoms with Gasteiger partial charge in [-0.15, -0.1) is 0 Å². The Hall–Kier alpha value is -0.860. The first-order valence-corrected chi connectivity index (χ1v) is 6.30. The van der Waals surface area contributed by atoms with Crippen LogP contribution < -0.4 is 5.73 Å². The fraction of sp³-hybridized carbons (Fsp3) is 0.600. The lowest BCUT2D eigenvalue weighted by molar-refractivity contribution is 0.298. The number of hydrogen-bond acceptors (Lipinski definition) is 2. The first-order chi connectivity index (χ1) is 7.84. The van der Waals surface area contributed by atoms with Gasteiger partial charge in [-0.2, -0.15) is 0 Å². The van der Waals surface area contributed by atoms with Crippen molar-refractivity contribution in [1.29, 1.82) is 0 Å². The van der Waals surface area contributed by atoms with Crippen LogP contribution in [-0.2, 0) is 11.8 Å². The van der Waals surface area contributed by atoms with Crippen LogP contribution in [0.25, 0.3) is 0 Å². The van der Waals surface area contributed by atoms with Gasteiger partial charge in [-0.3, -0.25) is 0 Å². The minimum atomic E-state index is 0.230. The van der Waals surface area contributed by atoms with Crippen LogP contribution in [0.3, 0.4) is 0 Å². The second-order valence-corrected chi connectivity index (χ2v) is 6.00. The van der Waals surface area contributed by atoms with Gasteiger partial charge >= 0.3 is 0 Å².